The van der Waals surface area contributed by atoms with Gasteiger partial charge in [0, 0.05) is 5.56 Å². The summed E-state index contributed by atoms with van der Waals surface area (Å²) in [5.41, 5.74) is -0.551. The zero-order valence-electron chi connectivity index (χ0n) is 26.6. The molecule has 1 aromatic rings. The van der Waals surface area contributed by atoms with Gasteiger partial charge in [0.1, 0.15) is 28.8 Å². The molecule has 42 heavy (non-hydrogen) atoms. The fourth-order valence-electron chi connectivity index (χ4n) is 3.12. The Balaban J connectivity index is 2.60. The fraction of sp³-hybridized carbons (Fsp3) is 0.567. The zero-order chi connectivity index (χ0) is 32.1. The third-order valence-electron chi connectivity index (χ3n) is 4.68. The summed E-state index contributed by atoms with van der Waals surface area (Å²) in [5, 5.41) is 18.7. The number of unbranched alkanes of at least 4 members (excludes halogenated alkanes) is 1. The number of aliphatic imine (C=N–C) groups is 1. The summed E-state index contributed by atoms with van der Waals surface area (Å²) in [4.78, 5) is 40.7. The van der Waals surface area contributed by atoms with Crippen molar-refractivity contribution in [3.63, 3.8) is 0 Å². The van der Waals surface area contributed by atoms with Crippen LogP contribution < -0.4 is 21.3 Å². The van der Waals surface area contributed by atoms with Gasteiger partial charge < -0.3 is 14.2 Å². The maximum absolute atomic E-state index is 12.2. The van der Waals surface area contributed by atoms with Gasteiger partial charge in [-0.3, -0.25) is 26.7 Å². The van der Waals surface area contributed by atoms with Crippen molar-refractivity contribution in [1.82, 2.24) is 21.3 Å². The minimum atomic E-state index is -0.751. The summed E-state index contributed by atoms with van der Waals surface area (Å²) in [6, 6.07) is 7.25. The normalized spacial score (nSPS) is 12.6. The quantitative estimate of drug-likeness (QED) is 0.113. The molecule has 0 spiro atoms. The molecular formula is C30H48N6O6. The van der Waals surface area contributed by atoms with Gasteiger partial charge in [0.15, 0.2) is 0 Å². The lowest BCUT2D eigenvalue weighted by molar-refractivity contribution is 0.0534. The molecule has 0 saturated carbocycles. The van der Waals surface area contributed by atoms with Gasteiger partial charge >= 0.3 is 18.3 Å². The number of nitrogens with zero attached hydrogens (tertiary/aromatic N) is 1. The number of alkyl carbamates (subject to hydrolysis) is 3. The van der Waals surface area contributed by atoms with Gasteiger partial charge in [-0.2, -0.15) is 0 Å². The molecule has 0 saturated heterocycles. The third-order valence-corrected chi connectivity index (χ3v) is 4.68. The van der Waals surface area contributed by atoms with Crippen molar-refractivity contribution in [2.24, 2.45) is 4.99 Å². The van der Waals surface area contributed by atoms with Crippen LogP contribution in [-0.2, 0) is 14.2 Å². The van der Waals surface area contributed by atoms with E-state index in [4.69, 9.17) is 19.6 Å². The highest BCUT2D eigenvalue weighted by molar-refractivity contribution is 6.04. The van der Waals surface area contributed by atoms with Crippen LogP contribution in [0.4, 0.5) is 14.4 Å². The second-order valence-electron chi connectivity index (χ2n) is 12.5. The average molecular weight is 589 g/mol. The van der Waals surface area contributed by atoms with Gasteiger partial charge in [0.05, 0.1) is 0 Å². The van der Waals surface area contributed by atoms with Crippen molar-refractivity contribution in [1.29, 1.82) is 5.41 Å². The molecule has 1 unspecified atom stereocenters. The van der Waals surface area contributed by atoms with E-state index in [0.29, 0.717) is 12.1 Å². The van der Waals surface area contributed by atoms with Crippen molar-refractivity contribution in [2.45, 2.75) is 105 Å². The lowest BCUT2D eigenvalue weighted by Crippen LogP contribution is -2.48. The van der Waals surface area contributed by atoms with Crippen molar-refractivity contribution in [2.75, 3.05) is 6.54 Å². The largest absolute Gasteiger partial charge is 0.444 e. The first-order valence-electron chi connectivity index (χ1n) is 13.9. The second kappa shape index (κ2) is 15.9. The van der Waals surface area contributed by atoms with Crippen LogP contribution in [0.3, 0.4) is 0 Å². The molecule has 3 amide bonds. The van der Waals surface area contributed by atoms with Crippen molar-refractivity contribution >= 4 is 36.2 Å². The third kappa shape index (κ3) is 17.7. The van der Waals surface area contributed by atoms with E-state index in [-0.39, 0.29) is 11.8 Å². The Hall–Kier alpha value is -3.93. The topological polar surface area (TPSA) is 163 Å². The van der Waals surface area contributed by atoms with E-state index in [1.54, 1.807) is 81.4 Å². The zero-order valence-corrected chi connectivity index (χ0v) is 26.6. The van der Waals surface area contributed by atoms with Crippen LogP contribution in [0.25, 0.3) is 6.08 Å². The minimum absolute atomic E-state index is 0.0339. The number of ether oxygens (including phenoxy) is 3. The summed E-state index contributed by atoms with van der Waals surface area (Å²) in [6.45, 7) is 18.1. The van der Waals surface area contributed by atoms with Crippen LogP contribution in [0, 0.1) is 5.41 Å². The molecule has 1 rings (SSSR count). The van der Waals surface area contributed by atoms with Crippen LogP contribution >= 0.6 is 0 Å². The molecule has 0 bridgehead atoms. The molecule has 0 radical (unpaired) electrons. The van der Waals surface area contributed by atoms with Gasteiger partial charge in [-0.1, -0.05) is 36.4 Å². The molecule has 0 aromatic heterocycles. The number of carbonyl (C=O) groups is 3. The van der Waals surface area contributed by atoms with Crippen LogP contribution in [0.15, 0.2) is 35.3 Å². The van der Waals surface area contributed by atoms with Crippen molar-refractivity contribution in [3.8, 4) is 0 Å². The molecule has 0 aliphatic carbocycles. The SMILES string of the molecule is CC(N=C(NC(=O)OC(C)(C)C)NC(=O)OC(C)(C)C)NCCC/C=C\c1ccc(C(=N)NC(=O)OC(C)(C)C)cc1. The number of nitrogens with one attached hydrogen (secondary N) is 5. The first-order chi connectivity index (χ1) is 19.2. The highest BCUT2D eigenvalue weighted by Crippen LogP contribution is 2.10. The monoisotopic (exact) mass is 588 g/mol. The summed E-state index contributed by atoms with van der Waals surface area (Å²) in [5.74, 6) is -0.121. The molecule has 0 aliphatic heterocycles. The van der Waals surface area contributed by atoms with Gasteiger partial charge in [0.25, 0.3) is 0 Å². The van der Waals surface area contributed by atoms with E-state index in [9.17, 15) is 14.4 Å². The number of rotatable bonds is 8. The first kappa shape index (κ1) is 36.1. The highest BCUT2D eigenvalue weighted by atomic mass is 16.6. The molecule has 0 fully saturated rings. The lowest BCUT2D eigenvalue weighted by Gasteiger charge is -2.22. The summed E-state index contributed by atoms with van der Waals surface area (Å²) >= 11 is 0. The Morgan fingerprint density at radius 3 is 1.71 bits per heavy atom. The second-order valence-corrected chi connectivity index (χ2v) is 12.5. The molecule has 0 heterocycles. The molecular weight excluding hydrogens is 540 g/mol. The number of guanidine groups is 1. The van der Waals surface area contributed by atoms with E-state index in [0.717, 1.165) is 18.4 Å². The Kier molecular flexibility index (Phi) is 13.7. The molecule has 5 N–H and O–H groups in total. The molecule has 1 aromatic carbocycles. The maximum atomic E-state index is 12.2. The van der Waals surface area contributed by atoms with Gasteiger partial charge in [-0.25, -0.2) is 19.4 Å². The average Bonchev–Trinajstić information content (AvgIpc) is 2.77. The minimum Gasteiger partial charge on any atom is -0.444 e. The number of allylic oxidation sites excluding steroid dienone is 1. The van der Waals surface area contributed by atoms with E-state index in [1.807, 2.05) is 24.3 Å². The number of benzene rings is 1. The number of carbonyl (C=O) groups excluding carboxylic acids is 3. The number of hydrogen-bond donors (Lipinski definition) is 5. The van der Waals surface area contributed by atoms with E-state index in [2.05, 4.69) is 26.3 Å². The molecule has 1 atom stereocenters. The summed E-state index contributed by atoms with van der Waals surface area (Å²) in [6.07, 6.45) is 3.02. The van der Waals surface area contributed by atoms with Crippen molar-refractivity contribution < 1.29 is 28.6 Å². The van der Waals surface area contributed by atoms with Crippen LogP contribution in [0.5, 0.6) is 0 Å². The van der Waals surface area contributed by atoms with Gasteiger partial charge in [-0.15, -0.1) is 0 Å². The van der Waals surface area contributed by atoms with E-state index < -0.39 is 41.2 Å². The van der Waals surface area contributed by atoms with E-state index >= 15 is 0 Å². The van der Waals surface area contributed by atoms with Crippen LogP contribution in [0.1, 0.15) is 93.2 Å². The van der Waals surface area contributed by atoms with E-state index in [1.165, 1.54) is 0 Å². The smallest absolute Gasteiger partial charge is 0.414 e. The standard InChI is InChI=1S/C30H48N6O6/c1-20(33-24(35-26(38)41-29(5,6)7)36-27(39)42-30(8,9)10)32-19-13-11-12-14-21-15-17-22(18-16-21)23(31)34-25(37)40-28(2,3)4/h12,14-18,20,32H,11,13,19H2,1-10H3,(H2,31,34,37)(H2,33,35,36,38,39)/b14-12-. The maximum Gasteiger partial charge on any atom is 0.414 e. The molecule has 12 heteroatoms. The molecule has 12 nitrogen and oxygen atoms in total. The van der Waals surface area contributed by atoms with Crippen LogP contribution in [-0.4, -0.2) is 59.6 Å². The Morgan fingerprint density at radius 1 is 0.810 bits per heavy atom. The number of amidine groups is 1. The number of hydrogen-bond acceptors (Lipinski definition) is 9. The summed E-state index contributed by atoms with van der Waals surface area (Å²) < 4.78 is 15.7. The predicted octanol–water partition coefficient (Wildman–Crippen LogP) is 5.67. The first-order valence-corrected chi connectivity index (χ1v) is 13.9. The Labute approximate surface area is 249 Å². The molecule has 234 valence electrons. The Bertz CT molecular complexity index is 1090. The predicted molar refractivity (Wildman–Crippen MR) is 165 cm³/mol. The Morgan fingerprint density at radius 2 is 1.26 bits per heavy atom. The highest BCUT2D eigenvalue weighted by Gasteiger charge is 2.22. The molecule has 0 aliphatic rings. The van der Waals surface area contributed by atoms with Crippen LogP contribution in [0.2, 0.25) is 0 Å². The van der Waals surface area contributed by atoms with Gasteiger partial charge in [0.2, 0.25) is 5.96 Å². The fourth-order valence-corrected chi connectivity index (χ4v) is 3.12. The van der Waals surface area contributed by atoms with Crippen molar-refractivity contribution in [3.05, 3.63) is 41.5 Å². The lowest BCUT2D eigenvalue weighted by atomic mass is 10.1. The van der Waals surface area contributed by atoms with Gasteiger partial charge in [-0.05, 0) is 94.2 Å². The summed E-state index contributed by atoms with van der Waals surface area (Å²) in [7, 11) is 0. The number of amides is 3.